The number of rotatable bonds is 0. The monoisotopic (exact) mass is 231 g/mol. The van der Waals surface area contributed by atoms with Gasteiger partial charge in [0.25, 0.3) is 10.0 Å². The Morgan fingerprint density at radius 2 is 2.21 bits per heavy atom. The molecule has 7 heteroatoms. The van der Waals surface area contributed by atoms with E-state index in [0.717, 1.165) is 0 Å². The highest BCUT2D eigenvalue weighted by Crippen LogP contribution is 2.27. The zero-order chi connectivity index (χ0) is 10.3. The summed E-state index contributed by atoms with van der Waals surface area (Å²) in [6.45, 7) is 1.55. The van der Waals surface area contributed by atoms with Crippen LogP contribution in [0.1, 0.15) is 6.92 Å². The van der Waals surface area contributed by atoms with Crippen LogP contribution in [0.5, 0.6) is 0 Å². The van der Waals surface area contributed by atoms with Gasteiger partial charge in [0.15, 0.2) is 5.82 Å². The van der Waals surface area contributed by atoms with Crippen LogP contribution in [0.2, 0.25) is 5.02 Å². The molecule has 1 aliphatic rings. The van der Waals surface area contributed by atoms with Gasteiger partial charge in [-0.2, -0.15) is 8.42 Å². The first-order valence-corrected chi connectivity index (χ1v) is 5.55. The molecule has 0 aromatic carbocycles. The summed E-state index contributed by atoms with van der Waals surface area (Å²) in [6, 6.07) is 1.32. The number of hydrogen-bond acceptors (Lipinski definition) is 4. The number of anilines is 1. The van der Waals surface area contributed by atoms with Crippen LogP contribution in [0.3, 0.4) is 0 Å². The van der Waals surface area contributed by atoms with Crippen molar-refractivity contribution in [1.29, 1.82) is 0 Å². The number of aromatic nitrogens is 1. The highest BCUT2D eigenvalue weighted by molar-refractivity contribution is 7.90. The Balaban J connectivity index is 2.73. The lowest BCUT2D eigenvalue weighted by Crippen LogP contribution is -2.19. The molecule has 1 aromatic heterocycles. The lowest BCUT2D eigenvalue weighted by atomic mass is 10.4. The summed E-state index contributed by atoms with van der Waals surface area (Å²) in [4.78, 5) is 3.87. The van der Waals surface area contributed by atoms with E-state index in [9.17, 15) is 8.42 Å². The summed E-state index contributed by atoms with van der Waals surface area (Å²) in [6.07, 6.45) is 1.38. The Kier molecular flexibility index (Phi) is 1.97. The largest absolute Gasteiger partial charge is 0.327 e. The van der Waals surface area contributed by atoms with Gasteiger partial charge in [0.1, 0.15) is 10.7 Å². The van der Waals surface area contributed by atoms with E-state index in [2.05, 4.69) is 14.7 Å². The molecule has 1 aromatic rings. The minimum Gasteiger partial charge on any atom is -0.327 e. The van der Waals surface area contributed by atoms with Crippen LogP contribution < -0.4 is 5.32 Å². The lowest BCUT2D eigenvalue weighted by molar-refractivity contribution is 0.597. The first kappa shape index (κ1) is 9.42. The van der Waals surface area contributed by atoms with E-state index in [4.69, 9.17) is 11.6 Å². The third-order valence-electron chi connectivity index (χ3n) is 1.65. The molecule has 0 atom stereocenters. The fraction of sp³-hybridized carbons (Fsp3) is 0.143. The molecule has 0 unspecified atom stereocenters. The van der Waals surface area contributed by atoms with Crippen molar-refractivity contribution in [1.82, 2.24) is 4.98 Å². The minimum absolute atomic E-state index is 0.00981. The second-order valence-electron chi connectivity index (χ2n) is 2.78. The molecule has 5 nitrogen and oxygen atoms in total. The highest BCUT2D eigenvalue weighted by Gasteiger charge is 2.24. The van der Waals surface area contributed by atoms with Gasteiger partial charge >= 0.3 is 0 Å². The number of nitrogens with zero attached hydrogens (tertiary/aromatic N) is 2. The standard InChI is InChI=1S/C7H6ClN3O2S/c1-4-10-7-6(14(12,13)11-4)2-5(8)3-9-7/h2-3H,1H3,(H,9,10,11). The van der Waals surface area contributed by atoms with E-state index in [1.165, 1.54) is 12.3 Å². The molecule has 0 saturated carbocycles. The summed E-state index contributed by atoms with van der Waals surface area (Å²) < 4.78 is 26.5. The molecule has 0 aliphatic carbocycles. The predicted molar refractivity (Wildman–Crippen MR) is 53.2 cm³/mol. The third-order valence-corrected chi connectivity index (χ3v) is 3.24. The van der Waals surface area contributed by atoms with Gasteiger partial charge in [0, 0.05) is 6.20 Å². The zero-order valence-electron chi connectivity index (χ0n) is 7.15. The number of halogens is 1. The van der Waals surface area contributed by atoms with Crippen LogP contribution >= 0.6 is 11.6 Å². The first-order valence-electron chi connectivity index (χ1n) is 3.73. The molecule has 0 saturated heterocycles. The molecule has 14 heavy (non-hydrogen) atoms. The fourth-order valence-corrected chi connectivity index (χ4v) is 2.49. The van der Waals surface area contributed by atoms with Crippen molar-refractivity contribution >= 4 is 33.3 Å². The van der Waals surface area contributed by atoms with Crippen molar-refractivity contribution in [2.75, 3.05) is 5.32 Å². The molecule has 2 heterocycles. The minimum atomic E-state index is -3.64. The van der Waals surface area contributed by atoms with Gasteiger partial charge in [-0.1, -0.05) is 11.6 Å². The molecular formula is C7H6ClN3O2S. The molecule has 0 amide bonds. The summed E-state index contributed by atoms with van der Waals surface area (Å²) in [7, 11) is -3.64. The van der Waals surface area contributed by atoms with Crippen molar-refractivity contribution in [3.05, 3.63) is 17.3 Å². The van der Waals surface area contributed by atoms with Crippen molar-refractivity contribution in [2.45, 2.75) is 11.8 Å². The van der Waals surface area contributed by atoms with E-state index >= 15 is 0 Å². The van der Waals surface area contributed by atoms with E-state index in [-0.39, 0.29) is 15.7 Å². The molecule has 0 spiro atoms. The van der Waals surface area contributed by atoms with Crippen LogP contribution in [-0.2, 0) is 10.0 Å². The van der Waals surface area contributed by atoms with Crippen LogP contribution in [0.15, 0.2) is 21.6 Å². The summed E-state index contributed by atoms with van der Waals surface area (Å²) >= 11 is 5.64. The quantitative estimate of drug-likeness (QED) is 0.730. The molecule has 1 aliphatic heterocycles. The normalized spacial score (nSPS) is 18.0. The van der Waals surface area contributed by atoms with Crippen LogP contribution in [0.25, 0.3) is 0 Å². The second kappa shape index (κ2) is 2.93. The molecule has 1 N–H and O–H groups in total. The van der Waals surface area contributed by atoms with Gasteiger partial charge in [-0.05, 0) is 13.0 Å². The van der Waals surface area contributed by atoms with E-state index in [1.807, 2.05) is 0 Å². The van der Waals surface area contributed by atoms with Gasteiger partial charge in [-0.25, -0.2) is 4.98 Å². The van der Waals surface area contributed by atoms with E-state index in [1.54, 1.807) is 6.92 Å². The maximum atomic E-state index is 11.5. The van der Waals surface area contributed by atoms with E-state index in [0.29, 0.717) is 5.84 Å². The number of hydrogen-bond donors (Lipinski definition) is 1. The Hall–Kier alpha value is -1.14. The van der Waals surface area contributed by atoms with Crippen molar-refractivity contribution in [3.63, 3.8) is 0 Å². The number of sulfonamides is 1. The van der Waals surface area contributed by atoms with Crippen molar-refractivity contribution in [3.8, 4) is 0 Å². The molecule has 0 bridgehead atoms. The topological polar surface area (TPSA) is 71.4 Å². The Morgan fingerprint density at radius 3 is 2.93 bits per heavy atom. The summed E-state index contributed by atoms with van der Waals surface area (Å²) in [5.74, 6) is 0.564. The Labute approximate surface area is 85.9 Å². The third kappa shape index (κ3) is 1.46. The number of amidine groups is 1. The highest BCUT2D eigenvalue weighted by atomic mass is 35.5. The lowest BCUT2D eigenvalue weighted by Gasteiger charge is -2.14. The molecular weight excluding hydrogens is 226 g/mol. The smallest absolute Gasteiger partial charge is 0.287 e. The van der Waals surface area contributed by atoms with Gasteiger partial charge in [-0.15, -0.1) is 4.40 Å². The number of pyridine rings is 1. The summed E-state index contributed by atoms with van der Waals surface area (Å²) in [5, 5.41) is 3.01. The second-order valence-corrected chi connectivity index (χ2v) is 4.79. The van der Waals surface area contributed by atoms with Gasteiger partial charge in [-0.3, -0.25) is 0 Å². The van der Waals surface area contributed by atoms with Crippen molar-refractivity contribution < 1.29 is 8.42 Å². The SMILES string of the molecule is CC1=NS(=O)(=O)c2cc(Cl)cnc2N1. The molecule has 0 fully saturated rings. The van der Waals surface area contributed by atoms with Crippen LogP contribution in [-0.4, -0.2) is 19.2 Å². The van der Waals surface area contributed by atoms with E-state index < -0.39 is 10.0 Å². The Morgan fingerprint density at radius 1 is 1.50 bits per heavy atom. The van der Waals surface area contributed by atoms with Gasteiger partial charge in [0.05, 0.1) is 5.02 Å². The zero-order valence-corrected chi connectivity index (χ0v) is 8.72. The van der Waals surface area contributed by atoms with Gasteiger partial charge in [0.2, 0.25) is 0 Å². The molecule has 74 valence electrons. The molecule has 2 rings (SSSR count). The van der Waals surface area contributed by atoms with Crippen LogP contribution in [0.4, 0.5) is 5.82 Å². The number of nitrogens with one attached hydrogen (secondary N) is 1. The number of fused-ring (bicyclic) bond motifs is 1. The maximum absolute atomic E-state index is 11.5. The molecule has 0 radical (unpaired) electrons. The fourth-order valence-electron chi connectivity index (χ4n) is 1.13. The predicted octanol–water partition coefficient (Wildman–Crippen LogP) is 1.27. The van der Waals surface area contributed by atoms with Gasteiger partial charge < -0.3 is 5.32 Å². The van der Waals surface area contributed by atoms with Crippen molar-refractivity contribution in [2.24, 2.45) is 4.40 Å². The maximum Gasteiger partial charge on any atom is 0.287 e. The Bertz CT molecular complexity index is 524. The van der Waals surface area contributed by atoms with Crippen LogP contribution in [0, 0.1) is 0 Å². The average Bonchev–Trinajstić information content (AvgIpc) is 2.05. The summed E-state index contributed by atoms with van der Waals surface area (Å²) in [5.41, 5.74) is 0. The average molecular weight is 232 g/mol. The first-order chi connectivity index (χ1) is 6.49.